The largest absolute Gasteiger partial charge is 0.313 e. The lowest BCUT2D eigenvalue weighted by molar-refractivity contribution is 0.101. The number of carbonyl (C=O) groups is 1. The van der Waals surface area contributed by atoms with E-state index in [4.69, 9.17) is 5.26 Å². The first-order chi connectivity index (χ1) is 8.13. The van der Waals surface area contributed by atoms with Crippen molar-refractivity contribution in [3.8, 4) is 6.07 Å². The van der Waals surface area contributed by atoms with Gasteiger partial charge in [0.05, 0.1) is 6.07 Å². The molecule has 0 amide bonds. The third-order valence-electron chi connectivity index (χ3n) is 2.63. The average molecular weight is 267 g/mol. The second kappa shape index (κ2) is 8.68. The molecule has 1 unspecified atom stereocenters. The molecule has 0 radical (unpaired) electrons. The van der Waals surface area contributed by atoms with Crippen LogP contribution < -0.4 is 5.32 Å². The van der Waals surface area contributed by atoms with E-state index in [1.54, 1.807) is 6.92 Å². The van der Waals surface area contributed by atoms with E-state index >= 15 is 0 Å². The fourth-order valence-corrected chi connectivity index (χ4v) is 1.68. The van der Waals surface area contributed by atoms with Gasteiger partial charge in [0.25, 0.3) is 0 Å². The van der Waals surface area contributed by atoms with Crippen LogP contribution >= 0.6 is 12.4 Å². The van der Waals surface area contributed by atoms with Crippen LogP contribution in [-0.4, -0.2) is 18.4 Å². The normalized spacial score (nSPS) is 11.2. The highest BCUT2D eigenvalue weighted by Gasteiger charge is 2.03. The summed E-state index contributed by atoms with van der Waals surface area (Å²) in [5.74, 6) is 0.0942. The zero-order valence-electron chi connectivity index (χ0n) is 10.8. The topological polar surface area (TPSA) is 52.9 Å². The molecule has 0 aliphatic rings. The summed E-state index contributed by atoms with van der Waals surface area (Å²) in [4.78, 5) is 11.1. The number of nitriles is 1. The van der Waals surface area contributed by atoms with Crippen LogP contribution in [0.1, 0.15) is 36.2 Å². The molecule has 4 heteroatoms. The number of hydrogen-bond donors (Lipinski definition) is 1. The standard InChI is InChI=1S/C14H18N2O.ClH/c1-11(16-9-3-8-15)10-13-4-6-14(7-5-13)12(2)17;/h4-7,11,16H,3,9-10H2,1-2H3;1H. The molecule has 0 spiro atoms. The predicted molar refractivity (Wildman–Crippen MR) is 75.1 cm³/mol. The first-order valence-corrected chi connectivity index (χ1v) is 5.83. The lowest BCUT2D eigenvalue weighted by atomic mass is 10.0. The molecule has 0 saturated carbocycles. The number of halogens is 1. The Kier molecular flexibility index (Phi) is 8.02. The molecule has 0 heterocycles. The predicted octanol–water partition coefficient (Wildman–Crippen LogP) is 2.75. The van der Waals surface area contributed by atoms with Crippen molar-refractivity contribution >= 4 is 18.2 Å². The van der Waals surface area contributed by atoms with Crippen LogP contribution in [-0.2, 0) is 6.42 Å². The Bertz CT molecular complexity index is 409. The van der Waals surface area contributed by atoms with Gasteiger partial charge in [-0.15, -0.1) is 12.4 Å². The van der Waals surface area contributed by atoms with Crippen molar-refractivity contribution < 1.29 is 4.79 Å². The Balaban J connectivity index is 0.00000289. The highest BCUT2D eigenvalue weighted by molar-refractivity contribution is 5.93. The maximum Gasteiger partial charge on any atom is 0.159 e. The second-order valence-electron chi connectivity index (χ2n) is 4.22. The van der Waals surface area contributed by atoms with Gasteiger partial charge in [0, 0.05) is 24.6 Å². The third-order valence-corrected chi connectivity index (χ3v) is 2.63. The zero-order valence-corrected chi connectivity index (χ0v) is 11.6. The molecule has 18 heavy (non-hydrogen) atoms. The molecule has 0 bridgehead atoms. The number of benzene rings is 1. The van der Waals surface area contributed by atoms with Gasteiger partial charge in [0.2, 0.25) is 0 Å². The molecular formula is C14H19ClN2O. The molecule has 0 fully saturated rings. The van der Waals surface area contributed by atoms with Crippen LogP contribution in [0, 0.1) is 11.3 Å². The third kappa shape index (κ3) is 5.81. The van der Waals surface area contributed by atoms with Crippen molar-refractivity contribution in [1.29, 1.82) is 5.26 Å². The van der Waals surface area contributed by atoms with Crippen LogP contribution in [0.15, 0.2) is 24.3 Å². The Morgan fingerprint density at radius 2 is 2.00 bits per heavy atom. The van der Waals surface area contributed by atoms with E-state index in [0.29, 0.717) is 12.5 Å². The second-order valence-corrected chi connectivity index (χ2v) is 4.22. The number of rotatable bonds is 6. The molecule has 1 rings (SSSR count). The minimum atomic E-state index is 0. The van der Waals surface area contributed by atoms with Crippen molar-refractivity contribution in [2.45, 2.75) is 32.7 Å². The number of nitrogens with one attached hydrogen (secondary N) is 1. The van der Waals surface area contributed by atoms with Gasteiger partial charge in [-0.1, -0.05) is 24.3 Å². The average Bonchev–Trinajstić information content (AvgIpc) is 2.30. The minimum absolute atomic E-state index is 0. The highest BCUT2D eigenvalue weighted by Crippen LogP contribution is 2.07. The summed E-state index contributed by atoms with van der Waals surface area (Å²) >= 11 is 0. The number of nitrogens with zero attached hydrogens (tertiary/aromatic N) is 1. The molecule has 0 aliphatic heterocycles. The summed E-state index contributed by atoms with van der Waals surface area (Å²) < 4.78 is 0. The maximum atomic E-state index is 11.1. The molecule has 0 saturated heterocycles. The number of ketones is 1. The van der Waals surface area contributed by atoms with Gasteiger partial charge >= 0.3 is 0 Å². The minimum Gasteiger partial charge on any atom is -0.313 e. The van der Waals surface area contributed by atoms with Crippen molar-refractivity contribution in [3.63, 3.8) is 0 Å². The number of hydrogen-bond acceptors (Lipinski definition) is 3. The van der Waals surface area contributed by atoms with E-state index < -0.39 is 0 Å². The lowest BCUT2D eigenvalue weighted by Crippen LogP contribution is -2.28. The van der Waals surface area contributed by atoms with Crippen molar-refractivity contribution in [2.24, 2.45) is 0 Å². The van der Waals surface area contributed by atoms with Gasteiger partial charge in [-0.05, 0) is 25.8 Å². The van der Waals surface area contributed by atoms with Crippen molar-refractivity contribution in [2.75, 3.05) is 6.54 Å². The maximum absolute atomic E-state index is 11.1. The van der Waals surface area contributed by atoms with Crippen LogP contribution in [0.4, 0.5) is 0 Å². The lowest BCUT2D eigenvalue weighted by Gasteiger charge is -2.12. The summed E-state index contributed by atoms with van der Waals surface area (Å²) in [5.41, 5.74) is 1.95. The van der Waals surface area contributed by atoms with Gasteiger partial charge in [-0.3, -0.25) is 4.79 Å². The van der Waals surface area contributed by atoms with E-state index in [1.165, 1.54) is 5.56 Å². The first-order valence-electron chi connectivity index (χ1n) is 5.83. The molecule has 0 aromatic heterocycles. The fourth-order valence-electron chi connectivity index (χ4n) is 1.68. The fraction of sp³-hybridized carbons (Fsp3) is 0.429. The van der Waals surface area contributed by atoms with Gasteiger partial charge < -0.3 is 5.32 Å². The Hall–Kier alpha value is -1.37. The van der Waals surface area contributed by atoms with Gasteiger partial charge in [0.15, 0.2) is 5.78 Å². The molecule has 1 atom stereocenters. The summed E-state index contributed by atoms with van der Waals surface area (Å²) in [6.07, 6.45) is 1.44. The summed E-state index contributed by atoms with van der Waals surface area (Å²) in [5, 5.41) is 11.7. The van der Waals surface area contributed by atoms with Crippen molar-refractivity contribution in [3.05, 3.63) is 35.4 Å². The SMILES string of the molecule is CC(=O)c1ccc(CC(C)NCCC#N)cc1.Cl. The Morgan fingerprint density at radius 1 is 1.39 bits per heavy atom. The van der Waals surface area contributed by atoms with Crippen LogP contribution in [0.2, 0.25) is 0 Å². The Labute approximate surface area is 115 Å². The molecule has 3 nitrogen and oxygen atoms in total. The number of Topliss-reactive ketones (excluding diaryl/α,β-unsaturated/α-hetero) is 1. The van der Waals surface area contributed by atoms with E-state index in [9.17, 15) is 4.79 Å². The zero-order chi connectivity index (χ0) is 12.7. The molecule has 1 aromatic carbocycles. The van der Waals surface area contributed by atoms with E-state index in [-0.39, 0.29) is 18.2 Å². The van der Waals surface area contributed by atoms with Crippen LogP contribution in [0.3, 0.4) is 0 Å². The molecule has 1 aromatic rings. The summed E-state index contributed by atoms with van der Waals surface area (Å²) in [6, 6.07) is 10.1. The monoisotopic (exact) mass is 266 g/mol. The smallest absolute Gasteiger partial charge is 0.159 e. The van der Waals surface area contributed by atoms with Crippen molar-refractivity contribution in [1.82, 2.24) is 5.32 Å². The molecule has 0 aliphatic carbocycles. The summed E-state index contributed by atoms with van der Waals surface area (Å²) in [7, 11) is 0. The van der Waals surface area contributed by atoms with Gasteiger partial charge in [0.1, 0.15) is 0 Å². The molecule has 98 valence electrons. The van der Waals surface area contributed by atoms with Gasteiger partial charge in [-0.25, -0.2) is 0 Å². The first kappa shape index (κ1) is 16.6. The van der Waals surface area contributed by atoms with E-state index in [2.05, 4.69) is 18.3 Å². The van der Waals surface area contributed by atoms with Crippen LogP contribution in [0.25, 0.3) is 0 Å². The van der Waals surface area contributed by atoms with E-state index in [0.717, 1.165) is 18.5 Å². The van der Waals surface area contributed by atoms with E-state index in [1.807, 2.05) is 24.3 Å². The number of carbonyl (C=O) groups excluding carboxylic acids is 1. The molecule has 1 N–H and O–H groups in total. The highest BCUT2D eigenvalue weighted by atomic mass is 35.5. The van der Waals surface area contributed by atoms with Gasteiger partial charge in [-0.2, -0.15) is 5.26 Å². The quantitative estimate of drug-likeness (QED) is 0.636. The summed E-state index contributed by atoms with van der Waals surface area (Å²) in [6.45, 7) is 4.39. The molecular weight excluding hydrogens is 248 g/mol. The Morgan fingerprint density at radius 3 is 2.50 bits per heavy atom. The van der Waals surface area contributed by atoms with Crippen LogP contribution in [0.5, 0.6) is 0 Å².